The second kappa shape index (κ2) is 48.1. The van der Waals surface area contributed by atoms with Crippen molar-refractivity contribution in [1.29, 1.82) is 0 Å². The van der Waals surface area contributed by atoms with E-state index in [2.05, 4.69) is 86.8 Å². The third-order valence-electron chi connectivity index (χ3n) is 18.5. The first-order valence-electron chi connectivity index (χ1n) is 39.8. The highest BCUT2D eigenvalue weighted by atomic mass is 35.5. The van der Waals surface area contributed by atoms with Crippen molar-refractivity contribution in [3.8, 4) is 10.8 Å². The highest BCUT2D eigenvalue weighted by Gasteiger charge is 2.33. The zero-order valence-electron chi connectivity index (χ0n) is 69.8. The van der Waals surface area contributed by atoms with E-state index in [4.69, 9.17) is 64.0 Å². The molecule has 40 nitrogen and oxygen atoms in total. The first-order valence-corrected chi connectivity index (χ1v) is 40.9. The van der Waals surface area contributed by atoms with Gasteiger partial charge in [-0.05, 0) is 74.9 Å². The third-order valence-corrected chi connectivity index (χ3v) is 20.0. The molecule has 42 heteroatoms. The highest BCUT2D eigenvalue weighted by Crippen LogP contribution is 2.40. The lowest BCUT2D eigenvalue weighted by Gasteiger charge is -2.13. The smallest absolute Gasteiger partial charge is 0.291 e. The minimum Gasteiger partial charge on any atom is -0.491 e. The Morgan fingerprint density at radius 1 is 0.439 bits per heavy atom. The van der Waals surface area contributed by atoms with Crippen LogP contribution in [0.15, 0.2) is 103 Å². The lowest BCUT2D eigenvalue weighted by molar-refractivity contribution is -0.121. The predicted molar refractivity (Wildman–Crippen MR) is 453 cm³/mol. The van der Waals surface area contributed by atoms with Gasteiger partial charge in [0.2, 0.25) is 35.3 Å². The summed E-state index contributed by atoms with van der Waals surface area (Å²) in [6.45, 7) is 13.6. The largest absolute Gasteiger partial charge is 0.491 e. The summed E-state index contributed by atoms with van der Waals surface area (Å²) in [6, 6.07) is 17.1. The van der Waals surface area contributed by atoms with Gasteiger partial charge in [0, 0.05) is 145 Å². The molecular formula is C81H104ClN21O19S. The molecular weight excluding hydrogens is 1640 g/mol. The Balaban J connectivity index is 0.456. The van der Waals surface area contributed by atoms with Crippen LogP contribution in [0.2, 0.25) is 5.02 Å². The van der Waals surface area contributed by atoms with Crippen molar-refractivity contribution in [3.05, 3.63) is 165 Å². The third kappa shape index (κ3) is 28.9. The molecule has 0 saturated heterocycles. The number of benzene rings is 2. The maximum atomic E-state index is 13.6. The van der Waals surface area contributed by atoms with Gasteiger partial charge in [0.1, 0.15) is 40.6 Å². The van der Waals surface area contributed by atoms with Crippen molar-refractivity contribution in [2.75, 3.05) is 178 Å². The molecule has 9 aromatic rings. The number of thiophene rings is 1. The van der Waals surface area contributed by atoms with E-state index in [-0.39, 0.29) is 116 Å². The molecule has 0 saturated carbocycles. The van der Waals surface area contributed by atoms with Gasteiger partial charge in [-0.1, -0.05) is 23.7 Å². The van der Waals surface area contributed by atoms with Gasteiger partial charge in [0.15, 0.2) is 23.3 Å². The van der Waals surface area contributed by atoms with Crippen molar-refractivity contribution in [2.24, 2.45) is 40.2 Å². The second-order valence-corrected chi connectivity index (χ2v) is 29.5. The number of imidazole rings is 3. The number of amides is 9. The molecule has 10 rings (SSSR count). The number of rotatable bonds is 53. The van der Waals surface area contributed by atoms with E-state index >= 15 is 0 Å². The van der Waals surface area contributed by atoms with Gasteiger partial charge in [0.05, 0.1) is 142 Å². The number of fused-ring (bicyclic) bond motifs is 3. The summed E-state index contributed by atoms with van der Waals surface area (Å²) in [6.07, 6.45) is 8.86. The number of aryl methyl sites for hydroxylation is 7. The maximum absolute atomic E-state index is 13.6. The van der Waals surface area contributed by atoms with Gasteiger partial charge in [-0.15, -0.1) is 21.5 Å². The summed E-state index contributed by atoms with van der Waals surface area (Å²) in [7, 11) is 8.04. The Kier molecular flexibility index (Phi) is 36.5. The Morgan fingerprint density at radius 2 is 0.894 bits per heavy atom. The molecule has 123 heavy (non-hydrogen) atoms. The zero-order valence-corrected chi connectivity index (χ0v) is 71.4. The Labute approximate surface area is 718 Å². The number of hydrogen-bond donors (Lipinski definition) is 9. The molecule has 0 bridgehead atoms. The molecule has 660 valence electrons. The SMILES string of the molecule is Cc1sc2c(c1C)C(c1ccc(Cl)cc1)=NC(CC(=O)Nc1ccc(OCCOCCOCCOCCOCCOCCOCCOCCOCCOCCNC(=O)CCNC(=O)c3nc(NC(=O)CCNC(=O)c4cc(NC(=O)c5nc(NC(=O)CCNC(=O)c6cc(NC(=O)c7nccn7C)cn6C)cn5C)cn4C)cn3C)cc1)c1nnc(C)n1-2. The number of carbonyl (C=O) groups is 9. The summed E-state index contributed by atoms with van der Waals surface area (Å²) in [5, 5.41) is 34.8. The molecule has 9 N–H and O–H groups in total. The van der Waals surface area contributed by atoms with Crippen LogP contribution < -0.4 is 52.6 Å². The molecule has 1 aliphatic rings. The summed E-state index contributed by atoms with van der Waals surface area (Å²) in [5.41, 5.74) is 5.47. The predicted octanol–water partition coefficient (Wildman–Crippen LogP) is 5.19. The topological polar surface area (TPSA) is 461 Å². The van der Waals surface area contributed by atoms with Crippen LogP contribution in [0, 0.1) is 20.8 Å². The summed E-state index contributed by atoms with van der Waals surface area (Å²) < 4.78 is 65.4. The molecule has 7 aromatic heterocycles. The minimum atomic E-state index is -0.641. The molecule has 1 aliphatic heterocycles. The van der Waals surface area contributed by atoms with E-state index in [0.29, 0.717) is 147 Å². The van der Waals surface area contributed by atoms with Gasteiger partial charge < -0.3 is 118 Å². The normalized spacial score (nSPS) is 12.2. The van der Waals surface area contributed by atoms with Crippen molar-refractivity contribution < 1.29 is 90.5 Å². The van der Waals surface area contributed by atoms with Gasteiger partial charge in [-0.3, -0.25) is 52.7 Å². The van der Waals surface area contributed by atoms with Crippen LogP contribution >= 0.6 is 22.9 Å². The molecule has 0 aliphatic carbocycles. The van der Waals surface area contributed by atoms with Crippen LogP contribution in [-0.4, -0.2) is 263 Å². The number of aromatic nitrogens is 11. The fourth-order valence-corrected chi connectivity index (χ4v) is 13.6. The van der Waals surface area contributed by atoms with Crippen LogP contribution in [0.1, 0.15) is 118 Å². The first kappa shape index (κ1) is 93.4. The average molecular weight is 1740 g/mol. The Hall–Kier alpha value is -11.9. The van der Waals surface area contributed by atoms with Crippen molar-refractivity contribution >= 4 is 111 Å². The number of halogens is 1. The van der Waals surface area contributed by atoms with Gasteiger partial charge in [-0.2, -0.15) is 0 Å². The number of hydrogen-bond acceptors (Lipinski definition) is 26. The zero-order chi connectivity index (χ0) is 87.6. The molecule has 0 fully saturated rings. The van der Waals surface area contributed by atoms with Crippen molar-refractivity contribution in [2.45, 2.75) is 52.5 Å². The monoisotopic (exact) mass is 1740 g/mol. The van der Waals surface area contributed by atoms with E-state index in [9.17, 15) is 43.2 Å². The van der Waals surface area contributed by atoms with Gasteiger partial charge in [0.25, 0.3) is 29.5 Å². The van der Waals surface area contributed by atoms with Crippen molar-refractivity contribution in [3.63, 3.8) is 0 Å². The maximum Gasteiger partial charge on any atom is 0.291 e. The van der Waals surface area contributed by atoms with Crippen LogP contribution in [0.4, 0.5) is 28.7 Å². The van der Waals surface area contributed by atoms with E-state index in [0.717, 1.165) is 33.2 Å². The quantitative estimate of drug-likeness (QED) is 0.0221. The fraction of sp³-hybridized carbons (Fsp3) is 0.444. The average Bonchev–Trinajstić information content (AvgIpc) is 1.59. The van der Waals surface area contributed by atoms with E-state index in [1.807, 2.05) is 35.8 Å². The first-order chi connectivity index (χ1) is 59.5. The second-order valence-electron chi connectivity index (χ2n) is 27.8. The fourth-order valence-electron chi connectivity index (χ4n) is 12.3. The standard InChI is InChI=1S/C81H104ClN21O19S/c1-52-53(2)123-81-70(52)71(55-9-11-56(82)12-10-55)91-61(72-97-96-54(3)103(72)81)47-69(107)88-57-13-15-60(16-14-57)122-44-43-121-42-41-120-40-39-119-38-37-118-36-35-117-34-33-116-32-31-115-30-29-114-28-27-113-26-24-83-66(104)17-20-87-78(110)74-94-64(50-101(74)7)92-67(105)18-21-86-77(109)63-46-59(49-100(63)6)90-80(112)75-95-65(51-102(75)8)93-68(106)19-22-85-76(108)62-45-58(48-99(62)5)89-79(111)73-84-23-25-98(73)4/h9-16,23,25,45-46,48-51,61H,17-22,24,26-44,47H2,1-8H3,(H,83,104)(H,85,108)(H,86,109)(H,87,110)(H,88,107)(H,89,111)(H,90,112)(H,92,105)(H,93,106). The summed E-state index contributed by atoms with van der Waals surface area (Å²) in [4.78, 5) is 135. The molecule has 9 amide bonds. The molecule has 1 atom stereocenters. The van der Waals surface area contributed by atoms with Crippen LogP contribution in [0.5, 0.6) is 5.75 Å². The Morgan fingerprint density at radius 3 is 1.38 bits per heavy atom. The summed E-state index contributed by atoms with van der Waals surface area (Å²) >= 11 is 7.92. The number of aliphatic imine (C=N–C) groups is 1. The number of anilines is 5. The van der Waals surface area contributed by atoms with E-state index in [1.54, 1.807) is 87.8 Å². The van der Waals surface area contributed by atoms with E-state index < -0.39 is 47.4 Å². The van der Waals surface area contributed by atoms with Gasteiger partial charge >= 0.3 is 0 Å². The van der Waals surface area contributed by atoms with Crippen LogP contribution in [0.25, 0.3) is 5.00 Å². The highest BCUT2D eigenvalue weighted by molar-refractivity contribution is 7.15. The van der Waals surface area contributed by atoms with Crippen LogP contribution in [0.3, 0.4) is 0 Å². The van der Waals surface area contributed by atoms with Gasteiger partial charge in [-0.25, -0.2) is 15.0 Å². The lowest BCUT2D eigenvalue weighted by atomic mass is 9.99. The number of carbonyl (C=O) groups excluding carboxylic acids is 9. The van der Waals surface area contributed by atoms with E-state index in [1.165, 1.54) is 60.1 Å². The number of ether oxygens (including phenoxy) is 10. The Bertz CT molecular complexity index is 5070. The number of nitrogens with one attached hydrogen (secondary N) is 9. The lowest BCUT2D eigenvalue weighted by Crippen LogP contribution is -2.33. The number of nitrogens with zero attached hydrogens (tertiary/aromatic N) is 12. The molecule has 0 spiro atoms. The van der Waals surface area contributed by atoms with Crippen molar-refractivity contribution in [1.82, 2.24) is 73.8 Å². The summed E-state index contributed by atoms with van der Waals surface area (Å²) in [5.74, 6) is -1.91. The molecule has 2 aromatic carbocycles. The van der Waals surface area contributed by atoms with Crippen LogP contribution in [-0.2, 0) is 97.0 Å². The minimum absolute atomic E-state index is 0.00645. The molecule has 8 heterocycles. The molecule has 0 radical (unpaired) electrons. The molecule has 1 unspecified atom stereocenters.